The number of benzene rings is 2. The number of rotatable bonds is 4. The minimum Gasteiger partial charge on any atom is -0.497 e. The number of fused-ring (bicyclic) bond motifs is 1. The Morgan fingerprint density at radius 3 is 2.40 bits per heavy atom. The third kappa shape index (κ3) is 5.16. The first-order valence-corrected chi connectivity index (χ1v) is 10.5. The summed E-state index contributed by atoms with van der Waals surface area (Å²) >= 11 is 5.63. The van der Waals surface area contributed by atoms with Gasteiger partial charge in [-0.1, -0.05) is 23.7 Å². The standard InChI is InChI=1S/C22H17ClF6N4O2/c1-35-13-5-2-11(3-6-13)16-9-18(22(27,28)29)33-19(30-16)10-17(32-33)20(34)31-15-7-4-12(23)8-14(15)21(24,25)26/h2-8,10,16,18,30H,9H2,1H3,(H,31,34)/t16-,18-/m1/s1. The lowest BCUT2D eigenvalue weighted by molar-refractivity contribution is -0.173. The van der Waals surface area contributed by atoms with Crippen LogP contribution in [0.2, 0.25) is 5.02 Å². The summed E-state index contributed by atoms with van der Waals surface area (Å²) < 4.78 is 87.3. The second-order valence-electron chi connectivity index (χ2n) is 7.76. The van der Waals surface area contributed by atoms with Gasteiger partial charge in [0.15, 0.2) is 11.7 Å². The Morgan fingerprint density at radius 2 is 1.80 bits per heavy atom. The van der Waals surface area contributed by atoms with Crippen LogP contribution in [0.4, 0.5) is 37.8 Å². The highest BCUT2D eigenvalue weighted by Gasteiger charge is 2.47. The summed E-state index contributed by atoms with van der Waals surface area (Å²) in [6, 6.07) is 7.41. The molecular weight excluding hydrogens is 502 g/mol. The molecule has 2 N–H and O–H groups in total. The van der Waals surface area contributed by atoms with E-state index in [1.807, 2.05) is 0 Å². The highest BCUT2D eigenvalue weighted by molar-refractivity contribution is 6.30. The lowest BCUT2D eigenvalue weighted by Crippen LogP contribution is -2.35. The van der Waals surface area contributed by atoms with Gasteiger partial charge in [-0.2, -0.15) is 31.4 Å². The SMILES string of the molecule is COc1ccc([C@H]2C[C@H](C(F)(F)F)n3nc(C(=O)Nc4ccc(Cl)cc4C(F)(F)F)cc3N2)cc1. The van der Waals surface area contributed by atoms with Crippen molar-refractivity contribution in [2.45, 2.75) is 30.9 Å². The van der Waals surface area contributed by atoms with Crippen molar-refractivity contribution in [3.8, 4) is 5.75 Å². The van der Waals surface area contributed by atoms with Crippen LogP contribution in [0.3, 0.4) is 0 Å². The molecule has 0 unspecified atom stereocenters. The number of methoxy groups -OCH3 is 1. The van der Waals surface area contributed by atoms with E-state index in [0.717, 1.165) is 18.2 Å². The number of halogens is 7. The number of ether oxygens (including phenoxy) is 1. The number of alkyl halides is 6. The highest BCUT2D eigenvalue weighted by Crippen LogP contribution is 2.44. The van der Waals surface area contributed by atoms with Gasteiger partial charge in [0.2, 0.25) is 0 Å². The Morgan fingerprint density at radius 1 is 1.11 bits per heavy atom. The molecule has 3 aromatic rings. The number of aromatic nitrogens is 2. The molecule has 0 saturated carbocycles. The van der Waals surface area contributed by atoms with Crippen molar-refractivity contribution in [3.63, 3.8) is 0 Å². The quantitative estimate of drug-likeness (QED) is 0.388. The Balaban J connectivity index is 1.65. The third-order valence-electron chi connectivity index (χ3n) is 5.48. The number of carbonyl (C=O) groups excluding carboxylic acids is 1. The van der Waals surface area contributed by atoms with Gasteiger partial charge in [0.1, 0.15) is 11.6 Å². The minimum atomic E-state index is -4.82. The molecule has 0 radical (unpaired) electrons. The molecule has 1 amide bonds. The van der Waals surface area contributed by atoms with E-state index < -0.39 is 53.7 Å². The predicted molar refractivity (Wildman–Crippen MR) is 116 cm³/mol. The predicted octanol–water partition coefficient (Wildman–Crippen LogP) is 6.48. The van der Waals surface area contributed by atoms with E-state index in [-0.39, 0.29) is 10.8 Å². The van der Waals surface area contributed by atoms with Crippen LogP contribution in [0, 0.1) is 0 Å². The maximum absolute atomic E-state index is 13.9. The van der Waals surface area contributed by atoms with E-state index in [0.29, 0.717) is 22.1 Å². The van der Waals surface area contributed by atoms with Crippen molar-refractivity contribution in [2.75, 3.05) is 17.7 Å². The smallest absolute Gasteiger partial charge is 0.418 e. The van der Waals surface area contributed by atoms with E-state index in [4.69, 9.17) is 16.3 Å². The molecule has 0 fully saturated rings. The van der Waals surface area contributed by atoms with Gasteiger partial charge < -0.3 is 15.4 Å². The second kappa shape index (κ2) is 8.99. The summed E-state index contributed by atoms with van der Waals surface area (Å²) in [6.45, 7) is 0. The molecule has 6 nitrogen and oxygen atoms in total. The topological polar surface area (TPSA) is 68.2 Å². The summed E-state index contributed by atoms with van der Waals surface area (Å²) in [5.74, 6) is -0.679. The van der Waals surface area contributed by atoms with Crippen molar-refractivity contribution < 1.29 is 35.9 Å². The van der Waals surface area contributed by atoms with E-state index >= 15 is 0 Å². The molecule has 0 aliphatic carbocycles. The van der Waals surface area contributed by atoms with Gasteiger partial charge >= 0.3 is 12.4 Å². The van der Waals surface area contributed by atoms with E-state index in [1.54, 1.807) is 24.3 Å². The molecule has 1 aliphatic heterocycles. The van der Waals surface area contributed by atoms with E-state index in [9.17, 15) is 31.1 Å². The Labute approximate surface area is 199 Å². The molecule has 2 atom stereocenters. The van der Waals surface area contributed by atoms with Crippen LogP contribution in [-0.4, -0.2) is 29.0 Å². The summed E-state index contributed by atoms with van der Waals surface area (Å²) in [7, 11) is 1.46. The van der Waals surface area contributed by atoms with Gasteiger partial charge in [0, 0.05) is 17.5 Å². The zero-order chi connectivity index (χ0) is 25.5. The van der Waals surface area contributed by atoms with Crippen molar-refractivity contribution in [3.05, 3.63) is 70.4 Å². The van der Waals surface area contributed by atoms with Crippen molar-refractivity contribution in [2.24, 2.45) is 0 Å². The van der Waals surface area contributed by atoms with E-state index in [1.165, 1.54) is 7.11 Å². The fraction of sp³-hybridized carbons (Fsp3) is 0.273. The van der Waals surface area contributed by atoms with E-state index in [2.05, 4.69) is 15.7 Å². The van der Waals surface area contributed by atoms with Gasteiger partial charge in [0.25, 0.3) is 5.91 Å². The molecular formula is C22H17ClF6N4O2. The van der Waals surface area contributed by atoms with Gasteiger partial charge in [-0.25, -0.2) is 4.68 Å². The van der Waals surface area contributed by atoms with Crippen LogP contribution in [0.25, 0.3) is 0 Å². The molecule has 1 aromatic heterocycles. The van der Waals surface area contributed by atoms with Crippen molar-refractivity contribution >= 4 is 29.0 Å². The van der Waals surface area contributed by atoms with Gasteiger partial charge in [0.05, 0.1) is 24.4 Å². The number of nitrogens with one attached hydrogen (secondary N) is 2. The summed E-state index contributed by atoms with van der Waals surface area (Å²) in [6.07, 6.45) is -9.93. The molecule has 0 bridgehead atoms. The number of hydrogen-bond acceptors (Lipinski definition) is 4. The minimum absolute atomic E-state index is 0.100. The Hall–Kier alpha value is -3.41. The molecule has 186 valence electrons. The van der Waals surface area contributed by atoms with Crippen LogP contribution in [-0.2, 0) is 6.18 Å². The second-order valence-corrected chi connectivity index (χ2v) is 8.20. The normalized spacial score (nSPS) is 17.9. The first-order chi connectivity index (χ1) is 16.4. The molecule has 0 saturated heterocycles. The molecule has 2 aromatic carbocycles. The molecule has 2 heterocycles. The third-order valence-corrected chi connectivity index (χ3v) is 5.71. The molecule has 35 heavy (non-hydrogen) atoms. The fourth-order valence-corrected chi connectivity index (χ4v) is 3.96. The number of carbonyl (C=O) groups is 1. The van der Waals surface area contributed by atoms with Crippen molar-refractivity contribution in [1.82, 2.24) is 9.78 Å². The van der Waals surface area contributed by atoms with Gasteiger partial charge in [-0.15, -0.1) is 0 Å². The lowest BCUT2D eigenvalue weighted by Gasteiger charge is -2.33. The average molecular weight is 519 g/mol. The number of nitrogens with zero attached hydrogens (tertiary/aromatic N) is 2. The summed E-state index contributed by atoms with van der Waals surface area (Å²) in [5, 5.41) is 8.53. The number of amides is 1. The molecule has 4 rings (SSSR count). The van der Waals surface area contributed by atoms with Crippen LogP contribution >= 0.6 is 11.6 Å². The van der Waals surface area contributed by atoms with Crippen molar-refractivity contribution in [1.29, 1.82) is 0 Å². The van der Waals surface area contributed by atoms with Gasteiger partial charge in [-0.3, -0.25) is 4.79 Å². The largest absolute Gasteiger partial charge is 0.497 e. The molecule has 0 spiro atoms. The van der Waals surface area contributed by atoms with Gasteiger partial charge in [-0.05, 0) is 35.9 Å². The van der Waals surface area contributed by atoms with Crippen LogP contribution in [0.5, 0.6) is 5.75 Å². The first-order valence-electron chi connectivity index (χ1n) is 10.1. The van der Waals surface area contributed by atoms with Crippen LogP contribution in [0.15, 0.2) is 48.5 Å². The summed E-state index contributed by atoms with van der Waals surface area (Å²) in [4.78, 5) is 12.7. The average Bonchev–Trinajstić information content (AvgIpc) is 3.22. The first kappa shape index (κ1) is 24.7. The van der Waals surface area contributed by atoms with Crippen LogP contribution in [0.1, 0.15) is 40.1 Å². The zero-order valence-electron chi connectivity index (χ0n) is 17.8. The fourth-order valence-electron chi connectivity index (χ4n) is 3.79. The zero-order valence-corrected chi connectivity index (χ0v) is 18.6. The number of anilines is 2. The maximum atomic E-state index is 13.9. The maximum Gasteiger partial charge on any atom is 0.418 e. The Kier molecular flexibility index (Phi) is 6.34. The lowest BCUT2D eigenvalue weighted by atomic mass is 9.97. The highest BCUT2D eigenvalue weighted by atomic mass is 35.5. The Bertz CT molecular complexity index is 1240. The summed E-state index contributed by atoms with van der Waals surface area (Å²) in [5.41, 5.74) is -1.74. The monoisotopic (exact) mass is 518 g/mol. The van der Waals surface area contributed by atoms with Crippen LogP contribution < -0.4 is 15.4 Å². The molecule has 1 aliphatic rings. The molecule has 13 heteroatoms. The number of hydrogen-bond donors (Lipinski definition) is 2.